The van der Waals surface area contributed by atoms with Gasteiger partial charge in [-0.05, 0) is 62.4 Å². The van der Waals surface area contributed by atoms with Crippen molar-refractivity contribution < 1.29 is 10.2 Å². The second-order valence-electron chi connectivity index (χ2n) is 5.60. The van der Waals surface area contributed by atoms with Gasteiger partial charge in [-0.3, -0.25) is 0 Å². The Hall–Kier alpha value is -1.64. The summed E-state index contributed by atoms with van der Waals surface area (Å²) in [5, 5.41) is 18.0. The molecular formula is C20H30O2. The Labute approximate surface area is 135 Å². The van der Waals surface area contributed by atoms with Gasteiger partial charge in [-0.2, -0.15) is 0 Å². The molecule has 2 aromatic rings. The molecule has 0 amide bonds. The van der Waals surface area contributed by atoms with E-state index >= 15 is 0 Å². The molecule has 0 radical (unpaired) electrons. The average molecular weight is 302 g/mol. The molecule has 0 bridgehead atoms. The van der Waals surface area contributed by atoms with E-state index in [0.29, 0.717) is 0 Å². The molecule has 2 rings (SSSR count). The van der Waals surface area contributed by atoms with Gasteiger partial charge in [0, 0.05) is 0 Å². The van der Waals surface area contributed by atoms with Gasteiger partial charge >= 0.3 is 0 Å². The minimum absolute atomic E-state index is 0. The van der Waals surface area contributed by atoms with Crippen LogP contribution in [0.5, 0.6) is 0 Å². The second-order valence-corrected chi connectivity index (χ2v) is 5.60. The molecule has 0 saturated heterocycles. The molecule has 22 heavy (non-hydrogen) atoms. The van der Waals surface area contributed by atoms with Gasteiger partial charge in [-0.1, -0.05) is 49.4 Å². The van der Waals surface area contributed by atoms with Gasteiger partial charge in [0.25, 0.3) is 0 Å². The van der Waals surface area contributed by atoms with Gasteiger partial charge in [0.05, 0.1) is 12.7 Å². The van der Waals surface area contributed by atoms with Gasteiger partial charge < -0.3 is 10.2 Å². The van der Waals surface area contributed by atoms with Crippen LogP contribution in [0.25, 0.3) is 0 Å². The fraction of sp³-hybridized carbons (Fsp3) is 0.400. The van der Waals surface area contributed by atoms with E-state index in [9.17, 15) is 5.11 Å². The number of benzene rings is 2. The lowest BCUT2D eigenvalue weighted by Gasteiger charge is -2.10. The summed E-state index contributed by atoms with van der Waals surface area (Å²) in [6, 6.07) is 11.9. The van der Waals surface area contributed by atoms with Crippen LogP contribution in [-0.2, 0) is 6.61 Å². The van der Waals surface area contributed by atoms with Gasteiger partial charge in [-0.25, -0.2) is 0 Å². The molecule has 2 nitrogen and oxygen atoms in total. The summed E-state index contributed by atoms with van der Waals surface area (Å²) in [4.78, 5) is 0. The Morgan fingerprint density at radius 1 is 0.909 bits per heavy atom. The Morgan fingerprint density at radius 3 is 1.73 bits per heavy atom. The minimum Gasteiger partial charge on any atom is -0.392 e. The van der Waals surface area contributed by atoms with Crippen molar-refractivity contribution in [2.75, 3.05) is 0 Å². The number of hydrogen-bond acceptors (Lipinski definition) is 2. The van der Waals surface area contributed by atoms with E-state index in [1.54, 1.807) is 6.92 Å². The lowest BCUT2D eigenvalue weighted by molar-refractivity contribution is 0.199. The van der Waals surface area contributed by atoms with Gasteiger partial charge in [0.1, 0.15) is 0 Å². The van der Waals surface area contributed by atoms with Crippen molar-refractivity contribution in [3.8, 4) is 0 Å². The molecule has 2 heteroatoms. The Morgan fingerprint density at radius 2 is 1.36 bits per heavy atom. The summed E-state index contributed by atoms with van der Waals surface area (Å²) in [5.41, 5.74) is 7.04. The Balaban J connectivity index is 0.000000397. The third-order valence-electron chi connectivity index (χ3n) is 3.73. The number of rotatable bonds is 2. The molecule has 0 saturated carbocycles. The monoisotopic (exact) mass is 302 g/mol. The summed E-state index contributed by atoms with van der Waals surface area (Å²) in [5.74, 6) is 0. The largest absolute Gasteiger partial charge is 0.392 e. The van der Waals surface area contributed by atoms with E-state index < -0.39 is 0 Å². The van der Waals surface area contributed by atoms with Crippen LogP contribution in [0.15, 0.2) is 36.4 Å². The van der Waals surface area contributed by atoms with Crippen molar-refractivity contribution in [2.45, 2.75) is 54.8 Å². The van der Waals surface area contributed by atoms with Crippen molar-refractivity contribution >= 4 is 0 Å². The molecule has 2 aromatic carbocycles. The van der Waals surface area contributed by atoms with E-state index in [4.69, 9.17) is 5.11 Å². The van der Waals surface area contributed by atoms with Crippen LogP contribution < -0.4 is 0 Å². The fourth-order valence-corrected chi connectivity index (χ4v) is 2.00. The molecule has 2 N–H and O–H groups in total. The lowest BCUT2D eigenvalue weighted by Crippen LogP contribution is -1.95. The molecule has 0 aliphatic carbocycles. The first-order chi connectivity index (χ1) is 9.85. The quantitative estimate of drug-likeness (QED) is 0.837. The van der Waals surface area contributed by atoms with Gasteiger partial charge in [0.2, 0.25) is 0 Å². The van der Waals surface area contributed by atoms with Crippen molar-refractivity contribution in [1.82, 2.24) is 0 Å². The van der Waals surface area contributed by atoms with Gasteiger partial charge in [-0.15, -0.1) is 0 Å². The first kappa shape index (κ1) is 20.4. The van der Waals surface area contributed by atoms with E-state index in [-0.39, 0.29) is 20.1 Å². The van der Waals surface area contributed by atoms with Crippen LogP contribution in [0.4, 0.5) is 0 Å². The molecule has 122 valence electrons. The third-order valence-corrected chi connectivity index (χ3v) is 3.73. The molecule has 1 unspecified atom stereocenters. The highest BCUT2D eigenvalue weighted by Crippen LogP contribution is 2.19. The molecular weight excluding hydrogens is 272 g/mol. The van der Waals surface area contributed by atoms with Gasteiger partial charge in [0.15, 0.2) is 0 Å². The smallest absolute Gasteiger partial charge is 0.0762 e. The number of hydrogen-bond donors (Lipinski definition) is 2. The highest BCUT2D eigenvalue weighted by molar-refractivity contribution is 5.37. The highest BCUT2D eigenvalue weighted by Gasteiger charge is 2.04. The van der Waals surface area contributed by atoms with Crippen LogP contribution in [0.3, 0.4) is 0 Å². The summed E-state index contributed by atoms with van der Waals surface area (Å²) in [7, 11) is 0. The maximum Gasteiger partial charge on any atom is 0.0762 e. The van der Waals surface area contributed by atoms with Crippen LogP contribution >= 0.6 is 0 Å². The summed E-state index contributed by atoms with van der Waals surface area (Å²) in [6.45, 7) is 10.2. The number of aliphatic hydroxyl groups excluding tert-OH is 2. The molecule has 0 fully saturated rings. The zero-order valence-corrected chi connectivity index (χ0v) is 13.6. The summed E-state index contributed by atoms with van der Waals surface area (Å²) >= 11 is 0. The maximum atomic E-state index is 9.36. The summed E-state index contributed by atoms with van der Waals surface area (Å²) < 4.78 is 0. The van der Waals surface area contributed by atoms with Crippen molar-refractivity contribution in [3.63, 3.8) is 0 Å². The highest BCUT2D eigenvalue weighted by atomic mass is 16.3. The van der Waals surface area contributed by atoms with Crippen molar-refractivity contribution in [1.29, 1.82) is 0 Å². The first-order valence-electron chi connectivity index (χ1n) is 7.27. The molecule has 0 aliphatic heterocycles. The van der Waals surface area contributed by atoms with Crippen molar-refractivity contribution in [2.24, 2.45) is 0 Å². The van der Waals surface area contributed by atoms with Crippen LogP contribution in [0, 0.1) is 27.7 Å². The van der Waals surface area contributed by atoms with Crippen LogP contribution in [0.2, 0.25) is 0 Å². The average Bonchev–Trinajstić information content (AvgIpc) is 2.45. The summed E-state index contributed by atoms with van der Waals surface area (Å²) in [6.07, 6.45) is -0.358. The number of aryl methyl sites for hydroxylation is 3. The van der Waals surface area contributed by atoms with E-state index in [2.05, 4.69) is 20.8 Å². The predicted molar refractivity (Wildman–Crippen MR) is 95.1 cm³/mol. The first-order valence-corrected chi connectivity index (χ1v) is 7.27. The molecule has 0 aromatic heterocycles. The second kappa shape index (κ2) is 9.39. The standard InChI is InChI=1S/C11H16O.C8H10O.CH4/c1-7-5-11(10(4)12)6-8(2)9(7)3;1-7-2-4-8(6-9)5-3-7;/h5-6,10,12H,1-4H3;2-5,9H,6H2,1H3;1H4. The predicted octanol–water partition coefficient (Wildman–Crippen LogP) is 4.79. The normalized spacial score (nSPS) is 11.0. The topological polar surface area (TPSA) is 40.5 Å². The molecule has 0 heterocycles. The maximum absolute atomic E-state index is 9.36. The van der Waals surface area contributed by atoms with Crippen LogP contribution in [-0.4, -0.2) is 10.2 Å². The fourth-order valence-electron chi connectivity index (χ4n) is 2.00. The van der Waals surface area contributed by atoms with E-state index in [0.717, 1.165) is 11.1 Å². The third kappa shape index (κ3) is 6.00. The zero-order chi connectivity index (χ0) is 16.0. The van der Waals surface area contributed by atoms with Crippen LogP contribution in [0.1, 0.15) is 53.8 Å². The zero-order valence-electron chi connectivity index (χ0n) is 13.6. The molecule has 0 aliphatic rings. The molecule has 0 spiro atoms. The van der Waals surface area contributed by atoms with Crippen molar-refractivity contribution in [3.05, 3.63) is 69.8 Å². The lowest BCUT2D eigenvalue weighted by atomic mass is 9.98. The molecule has 1 atom stereocenters. The van der Waals surface area contributed by atoms with E-state index in [1.165, 1.54) is 22.3 Å². The number of aliphatic hydroxyl groups is 2. The van der Waals surface area contributed by atoms with E-state index in [1.807, 2.05) is 43.3 Å². The Bertz CT molecular complexity index is 546. The minimum atomic E-state index is -0.358. The Kier molecular flexibility index (Phi) is 8.69. The SMILES string of the molecule is C.Cc1cc(C(C)O)cc(C)c1C.Cc1ccc(CO)cc1.